The number of pyridine rings is 1. The lowest BCUT2D eigenvalue weighted by Crippen LogP contribution is -1.94. The molecule has 0 atom stereocenters. The fourth-order valence-corrected chi connectivity index (χ4v) is 2.01. The van der Waals surface area contributed by atoms with Crippen molar-refractivity contribution in [3.05, 3.63) is 56.8 Å². The second kappa shape index (κ2) is 5.99. The van der Waals surface area contributed by atoms with Gasteiger partial charge in [0.1, 0.15) is 11.5 Å². The first kappa shape index (κ1) is 13.8. The number of nitrogens with zero attached hydrogens (tertiary/aromatic N) is 2. The van der Waals surface area contributed by atoms with Gasteiger partial charge in [-0.1, -0.05) is 0 Å². The van der Waals surface area contributed by atoms with E-state index >= 15 is 0 Å². The monoisotopic (exact) mass is 342 g/mol. The van der Waals surface area contributed by atoms with Crippen molar-refractivity contribution in [1.29, 1.82) is 0 Å². The highest BCUT2D eigenvalue weighted by atomic mass is 79.9. The summed E-state index contributed by atoms with van der Waals surface area (Å²) in [5.41, 5.74) is 0.534. The maximum atomic E-state index is 10.7. The van der Waals surface area contributed by atoms with E-state index in [1.54, 1.807) is 18.5 Å². The van der Waals surface area contributed by atoms with E-state index < -0.39 is 4.92 Å². The minimum atomic E-state index is -0.472. The molecule has 1 heterocycles. The molecule has 2 rings (SSSR count). The molecule has 1 aromatic carbocycles. The first-order valence-corrected chi connectivity index (χ1v) is 6.54. The van der Waals surface area contributed by atoms with Gasteiger partial charge in [-0.3, -0.25) is 15.1 Å². The Hall–Kier alpha value is -1.66. The van der Waals surface area contributed by atoms with Crippen LogP contribution >= 0.6 is 27.5 Å². The summed E-state index contributed by atoms with van der Waals surface area (Å²) in [7, 11) is 0. The number of non-ortho nitro benzene ring substituents is 1. The lowest BCUT2D eigenvalue weighted by atomic mass is 10.2. The molecule has 0 bridgehead atoms. The standard InChI is InChI=1S/C12H8BrClN2O3/c13-9-4-11(7-15-6-9)19-12-2-1-10(16(17)18)3-8(12)5-14/h1-4,6-7H,5H2. The maximum Gasteiger partial charge on any atom is 0.270 e. The van der Waals surface area contributed by atoms with Crippen LogP contribution < -0.4 is 4.74 Å². The zero-order chi connectivity index (χ0) is 13.8. The Morgan fingerprint density at radius 3 is 2.79 bits per heavy atom. The van der Waals surface area contributed by atoms with Gasteiger partial charge in [-0.25, -0.2) is 0 Å². The van der Waals surface area contributed by atoms with Gasteiger partial charge in [-0.2, -0.15) is 0 Å². The van der Waals surface area contributed by atoms with Crippen LogP contribution in [0.4, 0.5) is 5.69 Å². The van der Waals surface area contributed by atoms with Gasteiger partial charge < -0.3 is 4.74 Å². The molecule has 2 aromatic rings. The zero-order valence-corrected chi connectivity index (χ0v) is 11.9. The summed E-state index contributed by atoms with van der Waals surface area (Å²) in [5, 5.41) is 10.7. The van der Waals surface area contributed by atoms with Crippen molar-refractivity contribution in [2.45, 2.75) is 5.88 Å². The Kier molecular flexibility index (Phi) is 4.34. The Bertz CT molecular complexity index is 622. The first-order valence-electron chi connectivity index (χ1n) is 5.22. The number of nitro benzene ring substituents is 1. The van der Waals surface area contributed by atoms with Crippen LogP contribution in [0.3, 0.4) is 0 Å². The number of hydrogen-bond acceptors (Lipinski definition) is 4. The van der Waals surface area contributed by atoms with Crippen molar-refractivity contribution >= 4 is 33.2 Å². The molecule has 1 aromatic heterocycles. The van der Waals surface area contributed by atoms with E-state index in [2.05, 4.69) is 20.9 Å². The van der Waals surface area contributed by atoms with E-state index in [0.717, 1.165) is 4.47 Å². The largest absolute Gasteiger partial charge is 0.455 e. The van der Waals surface area contributed by atoms with E-state index in [1.165, 1.54) is 18.2 Å². The molecule has 0 fully saturated rings. The first-order chi connectivity index (χ1) is 9.10. The van der Waals surface area contributed by atoms with E-state index in [9.17, 15) is 10.1 Å². The molecule has 0 amide bonds. The molecule has 0 spiro atoms. The lowest BCUT2D eigenvalue weighted by molar-refractivity contribution is -0.384. The molecule has 0 saturated carbocycles. The van der Waals surface area contributed by atoms with Crippen molar-refractivity contribution in [1.82, 2.24) is 4.98 Å². The number of benzene rings is 1. The van der Waals surface area contributed by atoms with E-state index in [1.807, 2.05) is 0 Å². The van der Waals surface area contributed by atoms with Crippen molar-refractivity contribution in [2.24, 2.45) is 0 Å². The van der Waals surface area contributed by atoms with Crippen molar-refractivity contribution < 1.29 is 9.66 Å². The van der Waals surface area contributed by atoms with E-state index in [0.29, 0.717) is 17.1 Å². The SMILES string of the molecule is O=[N+]([O-])c1ccc(Oc2cncc(Br)c2)c(CCl)c1. The lowest BCUT2D eigenvalue weighted by Gasteiger charge is -2.09. The summed E-state index contributed by atoms with van der Waals surface area (Å²) < 4.78 is 6.39. The molecule has 5 nitrogen and oxygen atoms in total. The average Bonchev–Trinajstić information content (AvgIpc) is 2.39. The van der Waals surface area contributed by atoms with Gasteiger partial charge >= 0.3 is 0 Å². The van der Waals surface area contributed by atoms with Gasteiger partial charge in [0.05, 0.1) is 17.0 Å². The molecule has 98 valence electrons. The summed E-state index contributed by atoms with van der Waals surface area (Å²) in [6, 6.07) is 6.04. The second-order valence-electron chi connectivity index (χ2n) is 3.62. The van der Waals surface area contributed by atoms with Crippen molar-refractivity contribution in [2.75, 3.05) is 0 Å². The summed E-state index contributed by atoms with van der Waals surface area (Å²) >= 11 is 9.06. The molecule has 19 heavy (non-hydrogen) atoms. The van der Waals surface area contributed by atoms with Crippen LogP contribution in [0.25, 0.3) is 0 Å². The fraction of sp³-hybridized carbons (Fsp3) is 0.0833. The quantitative estimate of drug-likeness (QED) is 0.472. The summed E-state index contributed by atoms with van der Waals surface area (Å²) in [4.78, 5) is 14.2. The van der Waals surface area contributed by atoms with Crippen molar-refractivity contribution in [3.63, 3.8) is 0 Å². The molecule has 7 heteroatoms. The van der Waals surface area contributed by atoms with Gasteiger partial charge in [0.2, 0.25) is 0 Å². The minimum absolute atomic E-state index is 0.0182. The molecule has 0 saturated heterocycles. The van der Waals surface area contributed by atoms with E-state index in [4.69, 9.17) is 16.3 Å². The van der Waals surface area contributed by atoms with Crippen LogP contribution in [-0.2, 0) is 5.88 Å². The number of nitro groups is 1. The summed E-state index contributed by atoms with van der Waals surface area (Å²) in [5.74, 6) is 1.12. The maximum absolute atomic E-state index is 10.7. The number of aromatic nitrogens is 1. The molecule has 0 N–H and O–H groups in total. The highest BCUT2D eigenvalue weighted by Crippen LogP contribution is 2.30. The molecule has 0 aliphatic rings. The summed E-state index contributed by atoms with van der Waals surface area (Å²) in [6.45, 7) is 0. The van der Waals surface area contributed by atoms with Crippen LogP contribution in [0.5, 0.6) is 11.5 Å². The number of rotatable bonds is 4. The van der Waals surface area contributed by atoms with Gasteiger partial charge in [-0.15, -0.1) is 11.6 Å². The summed E-state index contributed by atoms with van der Waals surface area (Å²) in [6.07, 6.45) is 3.18. The van der Waals surface area contributed by atoms with Gasteiger partial charge in [0.15, 0.2) is 0 Å². The highest BCUT2D eigenvalue weighted by Gasteiger charge is 2.12. The third-order valence-electron chi connectivity index (χ3n) is 2.31. The van der Waals surface area contributed by atoms with E-state index in [-0.39, 0.29) is 11.6 Å². The Morgan fingerprint density at radius 2 is 2.16 bits per heavy atom. The second-order valence-corrected chi connectivity index (χ2v) is 4.81. The number of halogens is 2. The predicted octanol–water partition coefficient (Wildman–Crippen LogP) is 4.28. The van der Waals surface area contributed by atoms with Gasteiger partial charge in [0, 0.05) is 28.4 Å². The average molecular weight is 344 g/mol. The third kappa shape index (κ3) is 3.42. The van der Waals surface area contributed by atoms with Crippen molar-refractivity contribution in [3.8, 4) is 11.5 Å². The number of alkyl halides is 1. The fourth-order valence-electron chi connectivity index (χ4n) is 1.46. The molecular weight excluding hydrogens is 336 g/mol. The van der Waals surface area contributed by atoms with Crippen LogP contribution in [-0.4, -0.2) is 9.91 Å². The van der Waals surface area contributed by atoms with Gasteiger partial charge in [0.25, 0.3) is 5.69 Å². The Balaban J connectivity index is 2.32. The van der Waals surface area contributed by atoms with Crippen LogP contribution in [0.15, 0.2) is 41.1 Å². The molecule has 0 unspecified atom stereocenters. The topological polar surface area (TPSA) is 65.3 Å². The van der Waals surface area contributed by atoms with Crippen LogP contribution in [0.2, 0.25) is 0 Å². The van der Waals surface area contributed by atoms with Crippen LogP contribution in [0, 0.1) is 10.1 Å². The number of ether oxygens (including phenoxy) is 1. The number of hydrogen-bond donors (Lipinski definition) is 0. The zero-order valence-electron chi connectivity index (χ0n) is 9.55. The molecule has 0 aliphatic carbocycles. The highest BCUT2D eigenvalue weighted by molar-refractivity contribution is 9.10. The molecule has 0 radical (unpaired) electrons. The molecular formula is C12H8BrClN2O3. The minimum Gasteiger partial charge on any atom is -0.455 e. The normalized spacial score (nSPS) is 10.2. The van der Waals surface area contributed by atoms with Crippen LogP contribution in [0.1, 0.15) is 5.56 Å². The predicted molar refractivity (Wildman–Crippen MR) is 74.7 cm³/mol. The Labute approximate surface area is 122 Å². The molecule has 0 aliphatic heterocycles. The Morgan fingerprint density at radius 1 is 1.37 bits per heavy atom. The van der Waals surface area contributed by atoms with Gasteiger partial charge in [-0.05, 0) is 28.1 Å². The smallest absolute Gasteiger partial charge is 0.270 e. The third-order valence-corrected chi connectivity index (χ3v) is 3.03.